The van der Waals surface area contributed by atoms with Gasteiger partial charge in [-0.3, -0.25) is 0 Å². The average molecular weight is 345 g/mol. The summed E-state index contributed by atoms with van der Waals surface area (Å²) in [6, 6.07) is 4.55. The zero-order valence-electron chi connectivity index (χ0n) is 14.4. The van der Waals surface area contributed by atoms with Gasteiger partial charge in [0.05, 0.1) is 6.04 Å². The van der Waals surface area contributed by atoms with Crippen LogP contribution in [0.15, 0.2) is 17.0 Å². The highest BCUT2D eigenvalue weighted by molar-refractivity contribution is 7.99. The Balaban J connectivity index is 1.95. The zero-order chi connectivity index (χ0) is 17.5. The van der Waals surface area contributed by atoms with E-state index in [1.54, 1.807) is 13.8 Å². The van der Waals surface area contributed by atoms with Crippen molar-refractivity contribution in [2.45, 2.75) is 50.7 Å². The quantitative estimate of drug-likeness (QED) is 0.787. The van der Waals surface area contributed by atoms with Crippen molar-refractivity contribution in [2.24, 2.45) is 0 Å². The van der Waals surface area contributed by atoms with Crippen molar-refractivity contribution in [1.29, 1.82) is 0 Å². The Morgan fingerprint density at radius 1 is 1.25 bits per heavy atom. The molecule has 0 radical (unpaired) electrons. The fourth-order valence-electron chi connectivity index (χ4n) is 2.97. The van der Waals surface area contributed by atoms with Crippen LogP contribution in [0.4, 0.5) is 11.9 Å². The Bertz CT molecular complexity index is 772. The van der Waals surface area contributed by atoms with E-state index in [-0.39, 0.29) is 17.8 Å². The number of hydrogen-bond donors (Lipinski definition) is 3. The van der Waals surface area contributed by atoms with Crippen LogP contribution in [0.25, 0.3) is 0 Å². The lowest BCUT2D eigenvalue weighted by molar-refractivity contribution is 0.0688. The highest BCUT2D eigenvalue weighted by atomic mass is 32.2. The van der Waals surface area contributed by atoms with Crippen LogP contribution >= 0.6 is 11.8 Å². The molecule has 1 atom stereocenters. The standard InChI is InChI=1S/C17H23N5OS/c1-9-7-10(2)13-11(5-6-24-12(13)8-9)19-16-21-14(17(3,4)23)20-15(18)22-16/h7-8,11,23H,5-6H2,1-4H3,(H3,18,19,20,21,22). The number of aryl methyl sites for hydroxylation is 2. The predicted molar refractivity (Wildman–Crippen MR) is 97.1 cm³/mol. The fourth-order valence-corrected chi connectivity index (χ4v) is 4.27. The molecule has 1 aromatic heterocycles. The summed E-state index contributed by atoms with van der Waals surface area (Å²) in [6.07, 6.45) is 0.977. The van der Waals surface area contributed by atoms with Gasteiger partial charge in [0.2, 0.25) is 11.9 Å². The van der Waals surface area contributed by atoms with E-state index in [4.69, 9.17) is 5.73 Å². The summed E-state index contributed by atoms with van der Waals surface area (Å²) in [7, 11) is 0. The Morgan fingerprint density at radius 3 is 2.71 bits per heavy atom. The van der Waals surface area contributed by atoms with Gasteiger partial charge < -0.3 is 16.2 Å². The molecule has 2 heterocycles. The molecule has 0 saturated carbocycles. The number of nitrogens with one attached hydrogen (secondary N) is 1. The van der Waals surface area contributed by atoms with Gasteiger partial charge in [0, 0.05) is 10.6 Å². The zero-order valence-corrected chi connectivity index (χ0v) is 15.2. The molecular formula is C17H23N5OS. The van der Waals surface area contributed by atoms with Crippen LogP contribution in [0, 0.1) is 13.8 Å². The first kappa shape index (κ1) is 17.0. The van der Waals surface area contributed by atoms with Crippen LogP contribution in [-0.2, 0) is 5.60 Å². The molecular weight excluding hydrogens is 322 g/mol. The first-order valence-corrected chi connectivity index (χ1v) is 8.97. The number of hydrogen-bond acceptors (Lipinski definition) is 7. The smallest absolute Gasteiger partial charge is 0.228 e. The maximum atomic E-state index is 10.1. The number of aromatic nitrogens is 3. The first-order valence-electron chi connectivity index (χ1n) is 7.99. The second-order valence-corrected chi connectivity index (χ2v) is 7.86. The maximum absolute atomic E-state index is 10.1. The number of anilines is 2. The fraction of sp³-hybridized carbons (Fsp3) is 0.471. The van der Waals surface area contributed by atoms with Crippen LogP contribution in [0.5, 0.6) is 0 Å². The second-order valence-electron chi connectivity index (χ2n) is 6.73. The SMILES string of the molecule is Cc1cc(C)c2c(c1)SCCC2Nc1nc(N)nc(C(C)(C)O)n1. The summed E-state index contributed by atoms with van der Waals surface area (Å²) < 4.78 is 0. The van der Waals surface area contributed by atoms with E-state index in [0.29, 0.717) is 5.95 Å². The average Bonchev–Trinajstić information content (AvgIpc) is 2.45. The molecule has 128 valence electrons. The van der Waals surface area contributed by atoms with Crippen LogP contribution in [-0.4, -0.2) is 25.8 Å². The highest BCUT2D eigenvalue weighted by Gasteiger charge is 2.26. The topological polar surface area (TPSA) is 97.0 Å². The van der Waals surface area contributed by atoms with Gasteiger partial charge in [-0.2, -0.15) is 15.0 Å². The molecule has 1 unspecified atom stereocenters. The molecule has 1 aliphatic rings. The number of nitrogens with two attached hydrogens (primary N) is 1. The van der Waals surface area contributed by atoms with Crippen molar-refractivity contribution in [3.8, 4) is 0 Å². The number of aliphatic hydroxyl groups is 1. The molecule has 0 spiro atoms. The van der Waals surface area contributed by atoms with E-state index in [1.807, 2.05) is 11.8 Å². The van der Waals surface area contributed by atoms with Crippen molar-refractivity contribution >= 4 is 23.7 Å². The van der Waals surface area contributed by atoms with E-state index in [1.165, 1.54) is 21.6 Å². The molecule has 1 aromatic carbocycles. The molecule has 0 amide bonds. The lowest BCUT2D eigenvalue weighted by Crippen LogP contribution is -2.24. The molecule has 0 saturated heterocycles. The molecule has 3 rings (SSSR count). The molecule has 1 aliphatic heterocycles. The normalized spacial score (nSPS) is 17.5. The van der Waals surface area contributed by atoms with Gasteiger partial charge in [0.1, 0.15) is 5.60 Å². The lowest BCUT2D eigenvalue weighted by atomic mass is 9.97. The maximum Gasteiger partial charge on any atom is 0.228 e. The third-order valence-corrected chi connectivity index (χ3v) is 5.10. The molecule has 2 aromatic rings. The van der Waals surface area contributed by atoms with Gasteiger partial charge in [-0.1, -0.05) is 6.07 Å². The summed E-state index contributed by atoms with van der Waals surface area (Å²) in [5.74, 6) is 1.81. The summed E-state index contributed by atoms with van der Waals surface area (Å²) in [4.78, 5) is 13.9. The van der Waals surface area contributed by atoms with Crippen molar-refractivity contribution in [1.82, 2.24) is 15.0 Å². The minimum atomic E-state index is -1.17. The minimum absolute atomic E-state index is 0.107. The third-order valence-electron chi connectivity index (χ3n) is 4.01. The van der Waals surface area contributed by atoms with Crippen molar-refractivity contribution in [3.63, 3.8) is 0 Å². The number of thioether (sulfide) groups is 1. The van der Waals surface area contributed by atoms with Crippen molar-refractivity contribution in [3.05, 3.63) is 34.6 Å². The number of benzene rings is 1. The van der Waals surface area contributed by atoms with Gasteiger partial charge in [0.25, 0.3) is 0 Å². The van der Waals surface area contributed by atoms with Crippen LogP contribution in [0.3, 0.4) is 0 Å². The Kier molecular flexibility index (Phi) is 4.40. The predicted octanol–water partition coefficient (Wildman–Crippen LogP) is 2.95. The molecule has 7 heteroatoms. The summed E-state index contributed by atoms with van der Waals surface area (Å²) in [5.41, 5.74) is 8.45. The van der Waals surface area contributed by atoms with E-state index < -0.39 is 5.60 Å². The van der Waals surface area contributed by atoms with E-state index in [0.717, 1.165) is 12.2 Å². The van der Waals surface area contributed by atoms with Crippen molar-refractivity contribution < 1.29 is 5.11 Å². The summed E-state index contributed by atoms with van der Waals surface area (Å²) in [6.45, 7) is 7.51. The molecule has 0 aliphatic carbocycles. The number of rotatable bonds is 3. The van der Waals surface area contributed by atoms with E-state index in [2.05, 4.69) is 46.2 Å². The van der Waals surface area contributed by atoms with E-state index in [9.17, 15) is 5.11 Å². The van der Waals surface area contributed by atoms with Gasteiger partial charge in [-0.15, -0.1) is 11.8 Å². The third kappa shape index (κ3) is 3.47. The molecule has 24 heavy (non-hydrogen) atoms. The molecule has 6 nitrogen and oxygen atoms in total. The summed E-state index contributed by atoms with van der Waals surface area (Å²) >= 11 is 1.88. The molecule has 4 N–H and O–H groups in total. The monoisotopic (exact) mass is 345 g/mol. The Labute approximate surface area is 146 Å². The van der Waals surface area contributed by atoms with Gasteiger partial charge in [0.15, 0.2) is 5.82 Å². The minimum Gasteiger partial charge on any atom is -0.382 e. The van der Waals surface area contributed by atoms with Crippen molar-refractivity contribution in [2.75, 3.05) is 16.8 Å². The van der Waals surface area contributed by atoms with Crippen LogP contribution in [0.2, 0.25) is 0 Å². The number of nitrogen functional groups attached to an aromatic ring is 1. The molecule has 0 bridgehead atoms. The Morgan fingerprint density at radius 2 is 2.00 bits per heavy atom. The Hall–Kier alpha value is -1.86. The largest absolute Gasteiger partial charge is 0.382 e. The lowest BCUT2D eigenvalue weighted by Gasteiger charge is -2.28. The van der Waals surface area contributed by atoms with Crippen LogP contribution < -0.4 is 11.1 Å². The van der Waals surface area contributed by atoms with E-state index >= 15 is 0 Å². The van der Waals surface area contributed by atoms with Gasteiger partial charge in [-0.25, -0.2) is 0 Å². The first-order chi connectivity index (χ1) is 11.2. The van der Waals surface area contributed by atoms with Gasteiger partial charge >= 0.3 is 0 Å². The number of nitrogens with zero attached hydrogens (tertiary/aromatic N) is 3. The highest BCUT2D eigenvalue weighted by Crippen LogP contribution is 2.40. The van der Waals surface area contributed by atoms with Gasteiger partial charge in [-0.05, 0) is 56.9 Å². The van der Waals surface area contributed by atoms with Crippen LogP contribution in [0.1, 0.15) is 48.8 Å². The second kappa shape index (κ2) is 6.22. The number of fused-ring (bicyclic) bond motifs is 1. The summed E-state index contributed by atoms with van der Waals surface area (Å²) in [5, 5.41) is 13.5. The molecule has 0 fully saturated rings.